The highest BCUT2D eigenvalue weighted by atomic mass is 31.3. The van der Waals surface area contributed by atoms with Crippen LogP contribution in [0.25, 0.3) is 11.2 Å². The molecule has 5 heterocycles. The van der Waals surface area contributed by atoms with Gasteiger partial charge in [0.05, 0.1) is 25.7 Å². The zero-order valence-corrected chi connectivity index (χ0v) is 26.0. The summed E-state index contributed by atoms with van der Waals surface area (Å²) in [6, 6.07) is 2.58. The fraction of sp³-hybridized carbons (Fsp3) is 0.476. The summed E-state index contributed by atoms with van der Waals surface area (Å²) in [6.07, 6.45) is -7.30. The Balaban J connectivity index is 1.20. The number of aromatic carboxylic acids is 1. The van der Waals surface area contributed by atoms with Crippen LogP contribution in [0.3, 0.4) is 0 Å². The summed E-state index contributed by atoms with van der Waals surface area (Å²) in [6.45, 7) is -2.12. The normalized spacial score (nSPS) is 30.7. The van der Waals surface area contributed by atoms with Gasteiger partial charge < -0.3 is 54.0 Å². The molecule has 0 spiro atoms. The first-order valence-electron chi connectivity index (χ1n) is 13.0. The number of pyridine rings is 1. The Bertz CT molecular complexity index is 1760. The fourth-order valence-electron chi connectivity index (χ4n) is 4.72. The van der Waals surface area contributed by atoms with Crippen molar-refractivity contribution in [1.82, 2.24) is 19.5 Å². The predicted molar refractivity (Wildman–Crippen MR) is 142 cm³/mol. The molecule has 0 aromatic carbocycles. The van der Waals surface area contributed by atoms with Crippen molar-refractivity contribution in [1.29, 1.82) is 0 Å². The van der Waals surface area contributed by atoms with E-state index in [1.807, 2.05) is 0 Å². The van der Waals surface area contributed by atoms with Gasteiger partial charge >= 0.3 is 21.6 Å². The minimum absolute atomic E-state index is 0.0943. The molecular weight excluding hydrogens is 703 g/mol. The lowest BCUT2D eigenvalue weighted by atomic mass is 10.1. The van der Waals surface area contributed by atoms with Crippen LogP contribution in [0.1, 0.15) is 22.8 Å². The minimum Gasteiger partial charge on any atom is -0.756 e. The average Bonchev–Trinajstić information content (AvgIpc) is 3.63. The summed E-state index contributed by atoms with van der Waals surface area (Å²) in [5.74, 6) is -1.29. The molecule has 0 aliphatic carbocycles. The zero-order chi connectivity index (χ0) is 34.3. The van der Waals surface area contributed by atoms with Gasteiger partial charge in [-0.25, -0.2) is 33.2 Å². The Morgan fingerprint density at radius 1 is 1.02 bits per heavy atom. The van der Waals surface area contributed by atoms with Crippen LogP contribution in [0.15, 0.2) is 43.4 Å². The molecule has 23 nitrogen and oxygen atoms in total. The minimum atomic E-state index is -5.76. The third kappa shape index (κ3) is 8.32. The molecule has 258 valence electrons. The van der Waals surface area contributed by atoms with E-state index in [4.69, 9.17) is 14.6 Å². The number of carboxylic acid groups (broad SMARTS) is 1. The van der Waals surface area contributed by atoms with Crippen LogP contribution in [0.4, 0.5) is 0 Å². The third-order valence-corrected chi connectivity index (χ3v) is 9.87. The van der Waals surface area contributed by atoms with Crippen molar-refractivity contribution in [2.45, 2.75) is 49.1 Å². The van der Waals surface area contributed by atoms with E-state index in [0.29, 0.717) is 0 Å². The lowest BCUT2D eigenvalue weighted by molar-refractivity contribution is -0.765. The summed E-state index contributed by atoms with van der Waals surface area (Å²) >= 11 is 0. The van der Waals surface area contributed by atoms with Gasteiger partial charge in [-0.3, -0.25) is 18.2 Å². The molecule has 26 heteroatoms. The maximum atomic E-state index is 12.4. The van der Waals surface area contributed by atoms with Crippen LogP contribution in [0.5, 0.6) is 0 Å². The number of rotatable bonds is 13. The molecule has 0 radical (unpaired) electrons. The molecule has 2 aliphatic rings. The summed E-state index contributed by atoms with van der Waals surface area (Å²) in [7, 11) is -16.6. The molecule has 7 N–H and O–H groups in total. The molecule has 3 aromatic rings. The Kier molecular flexibility index (Phi) is 10.4. The summed E-state index contributed by atoms with van der Waals surface area (Å²) in [5.41, 5.74) is 0.137. The van der Waals surface area contributed by atoms with E-state index in [0.717, 1.165) is 28.0 Å². The summed E-state index contributed by atoms with van der Waals surface area (Å²) in [5, 5.41) is 40.5. The predicted octanol–water partition coefficient (Wildman–Crippen LogP) is -2.51. The number of phosphoric acid groups is 3. The first kappa shape index (κ1) is 35.6. The molecule has 10 atom stereocenters. The Morgan fingerprint density at radius 3 is 2.43 bits per heavy atom. The largest absolute Gasteiger partial charge is 0.756 e. The van der Waals surface area contributed by atoms with Crippen LogP contribution in [0.2, 0.25) is 0 Å². The number of aliphatic hydroxyl groups is 3. The maximum absolute atomic E-state index is 12.4. The number of carbonyl (C=O) groups is 1. The third-order valence-electron chi connectivity index (χ3n) is 6.79. The smallest absolute Gasteiger partial charge is 0.478 e. The van der Waals surface area contributed by atoms with E-state index < -0.39 is 91.7 Å². The average molecular weight is 729 g/mol. The Morgan fingerprint density at radius 2 is 1.72 bits per heavy atom. The highest BCUT2D eigenvalue weighted by molar-refractivity contribution is 7.60. The highest BCUT2D eigenvalue weighted by Gasteiger charge is 2.51. The van der Waals surface area contributed by atoms with Gasteiger partial charge in [0.1, 0.15) is 47.9 Å². The SMILES string of the molecule is O=C(O)c1ccc[n+]([C@@H]2O[C@H](COP(=O)(O)OP(=O)([O-])OC[C@H]3O[C@@H](n4cnc5cncnc54)[C@H](OP(=O)(O)O)[C@@H]3O)[C@@H](O)[C@H]2O)c1. The quantitative estimate of drug-likeness (QED) is 0.0705. The van der Waals surface area contributed by atoms with Gasteiger partial charge in [-0.2, -0.15) is 4.57 Å². The Labute approximate surface area is 262 Å². The number of imidazole rings is 1. The maximum Gasteiger partial charge on any atom is 0.478 e. The molecule has 0 bridgehead atoms. The van der Waals surface area contributed by atoms with Gasteiger partial charge in [-0.15, -0.1) is 0 Å². The monoisotopic (exact) mass is 729 g/mol. The van der Waals surface area contributed by atoms with Crippen molar-refractivity contribution in [2.24, 2.45) is 0 Å². The van der Waals surface area contributed by atoms with Crippen molar-refractivity contribution in [3.63, 3.8) is 0 Å². The van der Waals surface area contributed by atoms with Gasteiger partial charge in [0.25, 0.3) is 14.1 Å². The molecular formula is C21H26N5O18P3. The number of phosphoric ester groups is 3. The molecule has 0 saturated carbocycles. The van der Waals surface area contributed by atoms with E-state index in [2.05, 4.69) is 32.8 Å². The Hall–Kier alpha value is -2.66. The lowest BCUT2D eigenvalue weighted by Crippen LogP contribution is -2.46. The van der Waals surface area contributed by atoms with E-state index in [9.17, 15) is 53.4 Å². The molecule has 2 unspecified atom stereocenters. The van der Waals surface area contributed by atoms with Crippen LogP contribution < -0.4 is 9.46 Å². The number of carboxylic acids is 1. The van der Waals surface area contributed by atoms with Gasteiger partial charge in [-0.1, -0.05) is 0 Å². The molecule has 5 rings (SSSR count). The number of aliphatic hydroxyl groups excluding tert-OH is 3. The van der Waals surface area contributed by atoms with Gasteiger partial charge in [0.2, 0.25) is 0 Å². The second kappa shape index (κ2) is 13.7. The number of nitrogens with zero attached hydrogens (tertiary/aromatic N) is 5. The second-order valence-corrected chi connectivity index (χ2v) is 14.2. The van der Waals surface area contributed by atoms with Crippen molar-refractivity contribution in [2.75, 3.05) is 13.2 Å². The van der Waals surface area contributed by atoms with Gasteiger partial charge in [0.15, 0.2) is 30.4 Å². The van der Waals surface area contributed by atoms with Crippen molar-refractivity contribution < 1.29 is 90.4 Å². The topological polar surface area (TPSA) is 336 Å². The van der Waals surface area contributed by atoms with Gasteiger partial charge in [0, 0.05) is 6.07 Å². The van der Waals surface area contributed by atoms with E-state index >= 15 is 0 Å². The number of hydrogen-bond acceptors (Lipinski definition) is 17. The first-order valence-corrected chi connectivity index (χ1v) is 17.5. The van der Waals surface area contributed by atoms with Crippen LogP contribution in [-0.2, 0) is 41.1 Å². The van der Waals surface area contributed by atoms with E-state index in [1.54, 1.807) is 0 Å². The number of ether oxygens (including phenoxy) is 2. The molecule has 2 aliphatic heterocycles. The fourth-order valence-corrected chi connectivity index (χ4v) is 7.32. The first-order chi connectivity index (χ1) is 21.9. The van der Waals surface area contributed by atoms with Gasteiger partial charge in [-0.05, 0) is 6.07 Å². The van der Waals surface area contributed by atoms with Crippen molar-refractivity contribution >= 4 is 40.6 Å². The summed E-state index contributed by atoms with van der Waals surface area (Å²) in [4.78, 5) is 64.1. The molecule has 2 saturated heterocycles. The number of hydrogen-bond donors (Lipinski definition) is 7. The molecule has 2 fully saturated rings. The van der Waals surface area contributed by atoms with E-state index in [1.165, 1.54) is 24.5 Å². The van der Waals surface area contributed by atoms with Crippen molar-refractivity contribution in [3.8, 4) is 0 Å². The standard InChI is InChI=1S/C21H26N5O18P3/c27-14-12(41-19(16(14)29)25-3-1-2-10(5-25)21(30)31)6-39-46(35,36)44-47(37,38)40-7-13-15(28)17(43-45(32,33)34)20(42-13)26-9-24-11-4-22-8-23-18(11)26/h1-5,8-9,12-17,19-20,27-29H,6-7H2,(H4-,30,31,32,33,34,35,36,37,38)/t12-,13-,14-,15-,16-,17-,19-,20-/m1/s1. The lowest BCUT2D eigenvalue weighted by Gasteiger charge is -2.26. The van der Waals surface area contributed by atoms with Crippen molar-refractivity contribution in [3.05, 3.63) is 48.9 Å². The van der Waals surface area contributed by atoms with E-state index in [-0.39, 0.29) is 16.7 Å². The van der Waals surface area contributed by atoms with Crippen LogP contribution >= 0.6 is 23.5 Å². The molecule has 0 amide bonds. The number of aromatic nitrogens is 5. The van der Waals surface area contributed by atoms with Crippen LogP contribution in [-0.4, -0.2) is 110 Å². The molecule has 47 heavy (non-hydrogen) atoms. The molecule has 3 aromatic heterocycles. The zero-order valence-electron chi connectivity index (χ0n) is 23.3. The summed E-state index contributed by atoms with van der Waals surface area (Å²) < 4.78 is 67.7. The highest BCUT2D eigenvalue weighted by Crippen LogP contribution is 2.58. The van der Waals surface area contributed by atoms with Crippen LogP contribution in [0, 0.1) is 0 Å². The number of fused-ring (bicyclic) bond motifs is 1. The second-order valence-electron chi connectivity index (χ2n) is 9.98.